The van der Waals surface area contributed by atoms with Gasteiger partial charge in [0.05, 0.1) is 45.9 Å². The van der Waals surface area contributed by atoms with Gasteiger partial charge in [-0.25, -0.2) is 24.9 Å². The van der Waals surface area contributed by atoms with Crippen LogP contribution in [-0.2, 0) is 83.6 Å². The van der Waals surface area contributed by atoms with Gasteiger partial charge in [-0.2, -0.15) is 13.2 Å². The summed E-state index contributed by atoms with van der Waals surface area (Å²) in [5.41, 5.74) is 12.3. The Morgan fingerprint density at radius 3 is 1.05 bits per heavy atom. The lowest BCUT2D eigenvalue weighted by molar-refractivity contribution is -0.141. The summed E-state index contributed by atoms with van der Waals surface area (Å²) < 4.78 is 86.9. The summed E-state index contributed by atoms with van der Waals surface area (Å²) in [6.07, 6.45) is 4.17. The highest BCUT2D eigenvalue weighted by Gasteiger charge is 2.41. The minimum Gasteiger partial charge on any atom is -0.472 e. The number of pyridine rings is 1. The number of alkyl halides is 3. The molecule has 1 saturated carbocycles. The molecular formula is C107H110F3N23O13. The molecule has 0 bridgehead atoms. The normalized spacial score (nSPS) is 15.3. The van der Waals surface area contributed by atoms with E-state index in [1.54, 1.807) is 106 Å². The Morgan fingerprint density at radius 1 is 0.349 bits per heavy atom. The molecule has 1 saturated heterocycles. The van der Waals surface area contributed by atoms with E-state index < -0.39 is 18.6 Å². The molecule has 0 atom stereocenters. The van der Waals surface area contributed by atoms with Gasteiger partial charge in [-0.3, -0.25) is 71.6 Å². The number of anilines is 3. The number of hydrogen-bond donors (Lipinski definition) is 0. The van der Waals surface area contributed by atoms with E-state index >= 15 is 0 Å². The van der Waals surface area contributed by atoms with Crippen molar-refractivity contribution >= 4 is 53.0 Å². The standard InChI is InChI=1S/C20H20N4O2.2C18H17N5O2.C18H21N3O3.C18H21N3O2.C15H14F3N3O2/c1-14-10-18(21-12-15(14)2)23-8-9-24-17(20(23)25)11-19(22-24)26-13-16-6-4-3-5-7-16;1-13-19-8-7-16(20-13)22-9-10-23-15(18(22)24)11-17(21-23)25-12-14-5-3-2-4-6-14;1-13-7-8-19-18(20-13)22-9-10-23-15(17(22)24)11-16(21-23)25-12-14-5-3-2-4-6-14;1-18(12-23-13-18)11-20-7-8-21-15(17(20)22)9-16(19-21)24-10-14-5-3-2-4-6-14;22-18-16-11-17(23-13-15-5-2-1-3-6-15)19-21(16)10-4-9-20(18)12-14-7-8-14;16-15(17,18)10-20-6-7-21-12(14(20)22)8-13(19-21)23-9-11-4-2-1-3-5-11/h3-7,10-12H,8-9,13H2,1-2H3;2*2-8,11H,9-10,12H2,1H3;2-6,9H,7-8,10-13H2,1H3;1-3,5-6,11,14H,4,7-10,12-13H2;1-5,8H,6-7,9-10H2. The largest absolute Gasteiger partial charge is 0.472 e. The first-order chi connectivity index (χ1) is 70.9. The molecular weight excluding hydrogens is 1870 g/mol. The van der Waals surface area contributed by atoms with Gasteiger partial charge in [0, 0.05) is 125 Å². The Morgan fingerprint density at radius 2 is 0.692 bits per heavy atom. The summed E-state index contributed by atoms with van der Waals surface area (Å²) >= 11 is 0. The number of nitrogens with zero attached hydrogens (tertiary/aromatic N) is 23. The summed E-state index contributed by atoms with van der Waals surface area (Å²) in [7, 11) is 0. The van der Waals surface area contributed by atoms with Crippen LogP contribution in [0.1, 0.15) is 145 Å². The van der Waals surface area contributed by atoms with Gasteiger partial charge < -0.3 is 47.9 Å². The molecule has 0 N–H and O–H groups in total. The van der Waals surface area contributed by atoms with Crippen molar-refractivity contribution in [3.05, 3.63) is 345 Å². The van der Waals surface area contributed by atoms with Crippen LogP contribution in [0.5, 0.6) is 35.3 Å². The van der Waals surface area contributed by atoms with Crippen LogP contribution in [0.2, 0.25) is 0 Å². The van der Waals surface area contributed by atoms with Crippen molar-refractivity contribution in [3.8, 4) is 35.3 Å². The van der Waals surface area contributed by atoms with Gasteiger partial charge in [-0.1, -0.05) is 189 Å². The molecule has 8 aliphatic rings. The van der Waals surface area contributed by atoms with Crippen LogP contribution in [0.4, 0.5) is 30.8 Å². The Hall–Kier alpha value is -16.7. The Balaban J connectivity index is 0.000000115. The molecule has 1 aliphatic carbocycles. The van der Waals surface area contributed by atoms with Crippen LogP contribution in [0.3, 0.4) is 0 Å². The van der Waals surface area contributed by atoms with E-state index in [1.807, 2.05) is 219 Å². The van der Waals surface area contributed by atoms with E-state index in [-0.39, 0.29) is 66.2 Å². The van der Waals surface area contributed by atoms with Gasteiger partial charge in [0.1, 0.15) is 97.8 Å². The highest BCUT2D eigenvalue weighted by atomic mass is 19.4. The number of ether oxygens (including phenoxy) is 7. The molecule has 0 radical (unpaired) electrons. The summed E-state index contributed by atoms with van der Waals surface area (Å²) in [4.78, 5) is 107. The van der Waals surface area contributed by atoms with Gasteiger partial charge in [0.2, 0.25) is 41.2 Å². The SMILES string of the molecule is CC1(CN2CCn3nc(OCc4ccccc4)cc3C2=O)COC1.Cc1ccnc(N2CCn3nc(OCc4ccccc4)cc3C2=O)n1.Cc1cnc(N2CCn3nc(OCc4ccccc4)cc3C2=O)cc1C.Cc1nccc(N2CCn3nc(OCc4ccccc4)cc3C2=O)n1.O=C1c2cc(OCc3ccccc3)nn2CCCN1CC1CC1.O=C1c2cc(OCc3ccccc3)nn2CCN1CC(F)(F)F. The minimum atomic E-state index is -4.41. The average molecular weight is 1980 g/mol. The monoisotopic (exact) mass is 1980 g/mol. The number of benzene rings is 6. The van der Waals surface area contributed by atoms with E-state index in [9.17, 15) is 41.9 Å². The molecule has 2 fully saturated rings. The fourth-order valence-corrected chi connectivity index (χ4v) is 17.0. The second-order valence-corrected chi connectivity index (χ2v) is 36.6. The lowest BCUT2D eigenvalue weighted by atomic mass is 9.88. The van der Waals surface area contributed by atoms with Crippen LogP contribution in [-0.4, -0.2) is 212 Å². The van der Waals surface area contributed by atoms with Gasteiger partial charge >= 0.3 is 6.18 Å². The zero-order chi connectivity index (χ0) is 101. The van der Waals surface area contributed by atoms with Crippen molar-refractivity contribution in [1.82, 2.24) is 98.3 Å². The Bertz CT molecular complexity index is 6890. The number of carbonyl (C=O) groups is 6. The predicted molar refractivity (Wildman–Crippen MR) is 530 cm³/mol. The quantitative estimate of drug-likeness (QED) is 0.0486. The molecule has 752 valence electrons. The Labute approximate surface area is 839 Å². The molecule has 0 spiro atoms. The number of halogens is 3. The van der Waals surface area contributed by atoms with E-state index in [1.165, 1.54) is 23.6 Å². The van der Waals surface area contributed by atoms with Crippen molar-refractivity contribution in [1.29, 1.82) is 0 Å². The number of carbonyl (C=O) groups excluding carboxylic acids is 6. The van der Waals surface area contributed by atoms with E-state index in [0.29, 0.717) is 173 Å². The summed E-state index contributed by atoms with van der Waals surface area (Å²) in [6.45, 7) is 20.6. The van der Waals surface area contributed by atoms with Gasteiger partial charge in [0.15, 0.2) is 0 Å². The topological polar surface area (TPSA) is 358 Å². The van der Waals surface area contributed by atoms with Gasteiger partial charge in [-0.05, 0) is 116 Å². The fourth-order valence-electron chi connectivity index (χ4n) is 17.0. The van der Waals surface area contributed by atoms with E-state index in [0.717, 1.165) is 101 Å². The smallest absolute Gasteiger partial charge is 0.406 e. The first-order valence-electron chi connectivity index (χ1n) is 48.4. The number of aryl methyl sites for hydroxylation is 5. The summed E-state index contributed by atoms with van der Waals surface area (Å²) in [6, 6.07) is 74.4. The summed E-state index contributed by atoms with van der Waals surface area (Å²) in [5, 5.41) is 26.1. The molecule has 6 amide bonds. The third-order valence-electron chi connectivity index (χ3n) is 25.1. The maximum Gasteiger partial charge on any atom is 0.406 e. The number of amides is 6. The van der Waals surface area contributed by atoms with Crippen molar-refractivity contribution in [3.63, 3.8) is 0 Å². The van der Waals surface area contributed by atoms with Gasteiger partial charge in [0.25, 0.3) is 35.4 Å². The average Bonchev–Trinajstić information content (AvgIpc) is 1.62. The highest BCUT2D eigenvalue weighted by Crippen LogP contribution is 2.35. The van der Waals surface area contributed by atoms with E-state index in [4.69, 9.17) is 33.2 Å². The maximum atomic E-state index is 12.9. The molecule has 16 heterocycles. The van der Waals surface area contributed by atoms with Crippen molar-refractivity contribution < 1.29 is 75.1 Å². The number of rotatable bonds is 26. The molecule has 146 heavy (non-hydrogen) atoms. The number of hydrogen-bond acceptors (Lipinski definition) is 24. The highest BCUT2D eigenvalue weighted by molar-refractivity contribution is 6.07. The summed E-state index contributed by atoms with van der Waals surface area (Å²) in [5.74, 6) is 4.71. The zero-order valence-electron chi connectivity index (χ0n) is 81.4. The molecule has 6 aromatic carbocycles. The van der Waals surface area contributed by atoms with E-state index in [2.05, 4.69) is 62.4 Å². The third-order valence-corrected chi connectivity index (χ3v) is 25.1. The fraction of sp³-hybridized carbons (Fsp3) is 0.318. The van der Waals surface area contributed by atoms with Crippen LogP contribution in [0.25, 0.3) is 0 Å². The van der Waals surface area contributed by atoms with Crippen LogP contribution in [0.15, 0.2) is 255 Å². The molecule has 9 aromatic heterocycles. The first kappa shape index (κ1) is 99.4. The number of aromatic nitrogens is 17. The van der Waals surface area contributed by atoms with Crippen molar-refractivity contribution in [2.75, 3.05) is 86.8 Å². The van der Waals surface area contributed by atoms with Crippen molar-refractivity contribution in [2.24, 2.45) is 11.3 Å². The molecule has 36 nitrogen and oxygen atoms in total. The van der Waals surface area contributed by atoms with Crippen molar-refractivity contribution in [2.45, 2.75) is 139 Å². The maximum absolute atomic E-state index is 12.9. The Kier molecular flexibility index (Phi) is 31.1. The number of fused-ring (bicyclic) bond motifs is 6. The van der Waals surface area contributed by atoms with Crippen LogP contribution in [0, 0.1) is 39.0 Å². The first-order valence-corrected chi connectivity index (χ1v) is 48.4. The minimum absolute atomic E-state index is 0.0227. The van der Waals surface area contributed by atoms with Gasteiger partial charge in [-0.15, -0.1) is 30.6 Å². The molecule has 23 rings (SSSR count). The zero-order valence-corrected chi connectivity index (χ0v) is 81.4. The molecule has 7 aliphatic heterocycles. The second kappa shape index (κ2) is 45.7. The lowest BCUT2D eigenvalue weighted by Crippen LogP contribution is -2.52. The van der Waals surface area contributed by atoms with Crippen LogP contribution < -0.4 is 43.1 Å². The molecule has 0 unspecified atom stereocenters. The second-order valence-electron chi connectivity index (χ2n) is 36.6. The lowest BCUT2D eigenvalue weighted by Gasteiger charge is -2.42. The van der Waals surface area contributed by atoms with Crippen LogP contribution >= 0.6 is 0 Å². The molecule has 15 aromatic rings. The third kappa shape index (κ3) is 25.5. The molecule has 39 heteroatoms. The predicted octanol–water partition coefficient (Wildman–Crippen LogP) is 14.7.